The summed E-state index contributed by atoms with van der Waals surface area (Å²) in [4.78, 5) is 48.7. The summed E-state index contributed by atoms with van der Waals surface area (Å²) >= 11 is 6.66. The van der Waals surface area contributed by atoms with Crippen LogP contribution in [-0.2, 0) is 64.5 Å². The van der Waals surface area contributed by atoms with Crippen LogP contribution in [0.3, 0.4) is 0 Å². The Balaban J connectivity index is 1.72. The number of halogens is 1. The van der Waals surface area contributed by atoms with Gasteiger partial charge in [-0.15, -0.1) is 0 Å². The maximum atomic E-state index is 12.4. The van der Waals surface area contributed by atoms with Gasteiger partial charge in [0.15, 0.2) is 12.2 Å². The van der Waals surface area contributed by atoms with Gasteiger partial charge in [0.2, 0.25) is 11.9 Å². The predicted octanol–water partition coefficient (Wildman–Crippen LogP) is 4.04. The number of ether oxygens (including phenoxy) is 8. The molecule has 0 N–H and O–H groups in total. The lowest BCUT2D eigenvalue weighted by Gasteiger charge is -2.50. The van der Waals surface area contributed by atoms with E-state index in [4.69, 9.17) is 49.5 Å². The van der Waals surface area contributed by atoms with E-state index in [1.807, 2.05) is 24.3 Å². The molecule has 0 saturated carbocycles. The summed E-state index contributed by atoms with van der Waals surface area (Å²) in [6, 6.07) is 12.7. The molecule has 2 saturated heterocycles. The predicted molar refractivity (Wildman–Crippen MR) is 162 cm³/mol. The second-order valence-corrected chi connectivity index (χ2v) is 11.5. The Morgan fingerprint density at radius 2 is 1.48 bits per heavy atom. The molecule has 1 unspecified atom stereocenters. The molecule has 5 atom stereocenters. The van der Waals surface area contributed by atoms with Gasteiger partial charge >= 0.3 is 23.9 Å². The molecule has 2 aliphatic rings. The number of methoxy groups -OCH3 is 1. The molecule has 2 aromatic rings. The van der Waals surface area contributed by atoms with Gasteiger partial charge in [0.1, 0.15) is 24.6 Å². The maximum Gasteiger partial charge on any atom is 0.303 e. The highest BCUT2D eigenvalue weighted by atomic mass is 35.5. The van der Waals surface area contributed by atoms with E-state index in [0.29, 0.717) is 35.8 Å². The van der Waals surface area contributed by atoms with Gasteiger partial charge in [0, 0.05) is 58.2 Å². The Labute approximate surface area is 272 Å². The zero-order valence-electron chi connectivity index (χ0n) is 26.4. The monoisotopic (exact) mass is 662 g/mol. The number of benzene rings is 2. The molecule has 2 aromatic carbocycles. The molecule has 12 nitrogen and oxygen atoms in total. The van der Waals surface area contributed by atoms with Crippen LogP contribution < -0.4 is 4.74 Å². The van der Waals surface area contributed by atoms with Crippen LogP contribution in [0.2, 0.25) is 5.02 Å². The highest BCUT2D eigenvalue weighted by Gasteiger charge is 2.61. The third-order valence-corrected chi connectivity index (χ3v) is 7.95. The summed E-state index contributed by atoms with van der Waals surface area (Å²) in [7, 11) is 1.32. The third kappa shape index (κ3) is 8.75. The lowest BCUT2D eigenvalue weighted by Crippen LogP contribution is -2.67. The summed E-state index contributed by atoms with van der Waals surface area (Å²) < 4.78 is 45.9. The second kappa shape index (κ2) is 15.7. The van der Waals surface area contributed by atoms with Crippen LogP contribution in [0, 0.1) is 0 Å². The molecule has 46 heavy (non-hydrogen) atoms. The molecule has 0 radical (unpaired) electrons. The van der Waals surface area contributed by atoms with Gasteiger partial charge in [-0.05, 0) is 41.8 Å². The lowest BCUT2D eigenvalue weighted by molar-refractivity contribution is -0.367. The third-order valence-electron chi connectivity index (χ3n) is 7.58. The van der Waals surface area contributed by atoms with Crippen LogP contribution in [0.1, 0.15) is 57.2 Å². The molecule has 0 bridgehead atoms. The van der Waals surface area contributed by atoms with Crippen molar-refractivity contribution in [3.63, 3.8) is 0 Å². The van der Waals surface area contributed by atoms with Crippen molar-refractivity contribution in [3.05, 3.63) is 64.2 Å². The van der Waals surface area contributed by atoms with Crippen LogP contribution in [0.25, 0.3) is 0 Å². The largest absolute Gasteiger partial charge is 0.490 e. The van der Waals surface area contributed by atoms with Gasteiger partial charge in [-0.2, -0.15) is 0 Å². The first kappa shape index (κ1) is 35.1. The highest BCUT2D eigenvalue weighted by Crippen LogP contribution is 2.44. The van der Waals surface area contributed by atoms with Gasteiger partial charge < -0.3 is 37.9 Å². The van der Waals surface area contributed by atoms with E-state index >= 15 is 0 Å². The highest BCUT2D eigenvalue weighted by molar-refractivity contribution is 6.31. The van der Waals surface area contributed by atoms with Crippen molar-refractivity contribution in [2.45, 2.75) is 83.3 Å². The fourth-order valence-corrected chi connectivity index (χ4v) is 5.78. The summed E-state index contributed by atoms with van der Waals surface area (Å²) in [6.45, 7) is 5.64. The number of rotatable bonds is 11. The molecule has 0 amide bonds. The number of carbonyl (C=O) groups is 4. The topological polar surface area (TPSA) is 142 Å². The Kier molecular flexibility index (Phi) is 12.0. The molecule has 2 aliphatic heterocycles. The van der Waals surface area contributed by atoms with Crippen LogP contribution in [-0.4, -0.2) is 81.3 Å². The first-order valence-corrected chi connectivity index (χ1v) is 15.3. The molecular weight excluding hydrogens is 624 g/mol. The van der Waals surface area contributed by atoms with Gasteiger partial charge in [-0.1, -0.05) is 29.8 Å². The number of hydrogen-bond donors (Lipinski definition) is 0. The van der Waals surface area contributed by atoms with Crippen molar-refractivity contribution in [1.82, 2.24) is 0 Å². The average molecular weight is 663 g/mol. The normalized spacial score (nSPS) is 24.8. The lowest BCUT2D eigenvalue weighted by atomic mass is 9.86. The summed E-state index contributed by atoms with van der Waals surface area (Å²) in [6.07, 6.45) is -3.23. The Hall–Kier alpha value is -3.71. The zero-order valence-corrected chi connectivity index (χ0v) is 27.2. The first-order chi connectivity index (χ1) is 21.9. The van der Waals surface area contributed by atoms with E-state index in [1.165, 1.54) is 21.0 Å². The van der Waals surface area contributed by atoms with Crippen LogP contribution in [0.5, 0.6) is 5.75 Å². The van der Waals surface area contributed by atoms with E-state index in [2.05, 4.69) is 0 Å². The van der Waals surface area contributed by atoms with Crippen molar-refractivity contribution in [3.8, 4) is 5.75 Å². The minimum Gasteiger partial charge on any atom is -0.490 e. The first-order valence-electron chi connectivity index (χ1n) is 14.9. The average Bonchev–Trinajstić information content (AvgIpc) is 3.00. The van der Waals surface area contributed by atoms with E-state index in [1.54, 1.807) is 18.2 Å². The Morgan fingerprint density at radius 1 is 0.848 bits per heavy atom. The minimum absolute atomic E-state index is 0.109. The summed E-state index contributed by atoms with van der Waals surface area (Å²) in [5, 5.41) is 0.447. The Morgan fingerprint density at radius 3 is 2.07 bits per heavy atom. The molecule has 250 valence electrons. The maximum absolute atomic E-state index is 12.4. The van der Waals surface area contributed by atoms with Gasteiger partial charge in [-0.25, -0.2) is 0 Å². The Bertz CT molecular complexity index is 1390. The SMILES string of the molecule is COC1(c2ccc(Cl)c(Cc3ccc(OC4CCOCC4)cc3)c2)O[C@H](COC(C)=O)[C@@H](OC(C)=O)[C@H](OC(C)=O)[C@H]1OC(C)=O. The van der Waals surface area contributed by atoms with E-state index in [0.717, 1.165) is 38.0 Å². The van der Waals surface area contributed by atoms with Crippen LogP contribution in [0.4, 0.5) is 0 Å². The quantitative estimate of drug-likeness (QED) is 0.253. The van der Waals surface area contributed by atoms with Crippen molar-refractivity contribution < 1.29 is 57.1 Å². The molecule has 0 spiro atoms. The smallest absolute Gasteiger partial charge is 0.303 e. The van der Waals surface area contributed by atoms with E-state index in [9.17, 15) is 19.2 Å². The fraction of sp³-hybridized carbons (Fsp3) is 0.515. The molecule has 4 rings (SSSR count). The van der Waals surface area contributed by atoms with Gasteiger partial charge in [0.25, 0.3) is 0 Å². The molecular formula is C33H39ClO12. The van der Waals surface area contributed by atoms with Crippen LogP contribution >= 0.6 is 11.6 Å². The second-order valence-electron chi connectivity index (χ2n) is 11.1. The molecule has 2 fully saturated rings. The summed E-state index contributed by atoms with van der Waals surface area (Å²) in [5.74, 6) is -4.02. The van der Waals surface area contributed by atoms with Gasteiger partial charge in [-0.3, -0.25) is 19.2 Å². The molecule has 0 aliphatic carbocycles. The standard InChI is InChI=1S/C33H39ClO12/c1-19(35)41-18-29-30(42-20(2)36)31(43-21(3)37)32(44-22(4)38)33(39-5,46-29)25-8-11-28(34)24(17-25)16-23-6-9-26(10-7-23)45-27-12-14-40-15-13-27/h6-11,17,27,29-32H,12-16,18H2,1-5H3/t29-,30-,31+,32-,33?/m1/s1. The van der Waals surface area contributed by atoms with Crippen molar-refractivity contribution >= 4 is 35.5 Å². The number of esters is 4. The number of hydrogen-bond acceptors (Lipinski definition) is 12. The zero-order chi connectivity index (χ0) is 33.4. The molecule has 2 heterocycles. The minimum atomic E-state index is -1.92. The molecule has 0 aromatic heterocycles. The fourth-order valence-electron chi connectivity index (χ4n) is 5.60. The van der Waals surface area contributed by atoms with Crippen LogP contribution in [0.15, 0.2) is 42.5 Å². The summed E-state index contributed by atoms with van der Waals surface area (Å²) in [5.41, 5.74) is 1.97. The van der Waals surface area contributed by atoms with E-state index in [-0.39, 0.29) is 6.10 Å². The van der Waals surface area contributed by atoms with Crippen molar-refractivity contribution in [2.24, 2.45) is 0 Å². The van der Waals surface area contributed by atoms with Crippen molar-refractivity contribution in [1.29, 1.82) is 0 Å². The van der Waals surface area contributed by atoms with Crippen molar-refractivity contribution in [2.75, 3.05) is 26.9 Å². The van der Waals surface area contributed by atoms with E-state index < -0.39 is 60.7 Å². The molecule has 13 heteroatoms. The van der Waals surface area contributed by atoms with Gasteiger partial charge in [0.05, 0.1) is 13.2 Å². The number of carbonyl (C=O) groups excluding carboxylic acids is 4.